The van der Waals surface area contributed by atoms with Crippen LogP contribution in [0.3, 0.4) is 0 Å². The monoisotopic (exact) mass is 259 g/mol. The van der Waals surface area contributed by atoms with Gasteiger partial charge >= 0.3 is 17.9 Å². The van der Waals surface area contributed by atoms with E-state index in [1.165, 1.54) is 27.4 Å². The van der Waals surface area contributed by atoms with Crippen molar-refractivity contribution in [2.45, 2.75) is 39.1 Å². The number of hydrogen-bond acceptors (Lipinski definition) is 7. The summed E-state index contributed by atoms with van der Waals surface area (Å²) in [6.07, 6.45) is -2.29. The fourth-order valence-electron chi connectivity index (χ4n) is 1.50. The molecule has 0 amide bonds. The van der Waals surface area contributed by atoms with Crippen molar-refractivity contribution in [3.8, 4) is 0 Å². The third kappa shape index (κ3) is 4.33. The van der Waals surface area contributed by atoms with Crippen molar-refractivity contribution in [1.29, 1.82) is 0 Å². The van der Waals surface area contributed by atoms with Gasteiger partial charge in [0, 0.05) is 20.8 Å². The Morgan fingerprint density at radius 2 is 1.67 bits per heavy atom. The molecule has 3 atom stereocenters. The molecule has 0 aromatic heterocycles. The van der Waals surface area contributed by atoms with E-state index in [4.69, 9.17) is 18.9 Å². The van der Waals surface area contributed by atoms with Crippen LogP contribution in [0.15, 0.2) is 0 Å². The first-order chi connectivity index (χ1) is 8.40. The molecule has 7 heteroatoms. The Bertz CT molecular complexity index is 338. The van der Waals surface area contributed by atoms with Crippen molar-refractivity contribution in [2.75, 3.05) is 6.61 Å². The van der Waals surface area contributed by atoms with Crippen molar-refractivity contribution in [3.63, 3.8) is 0 Å². The average Bonchev–Trinajstić information content (AvgIpc) is 2.57. The van der Waals surface area contributed by atoms with Crippen LogP contribution in [0.1, 0.15) is 20.8 Å². The molecule has 0 spiro atoms. The predicted octanol–water partition coefficient (Wildman–Crippen LogP) is -0.0265. The normalized spacial score (nSPS) is 26.5. The smallest absolute Gasteiger partial charge is 0.303 e. The molecule has 1 fully saturated rings. The van der Waals surface area contributed by atoms with Gasteiger partial charge in [0.05, 0.1) is 0 Å². The average molecular weight is 259 g/mol. The van der Waals surface area contributed by atoms with Crippen LogP contribution in [0.25, 0.3) is 0 Å². The summed E-state index contributed by atoms with van der Waals surface area (Å²) in [5.41, 5.74) is 0. The van der Waals surface area contributed by atoms with Crippen LogP contribution < -0.4 is 0 Å². The standard InChI is InChI=1S/C11H15O7/c1-6(12)15-4-9-11(18-8(3)14)10(5-16-9)17-7(2)13/h5,9-11H,4H2,1-3H3/t9-,10+,11-/m1/s1. The summed E-state index contributed by atoms with van der Waals surface area (Å²) in [6, 6.07) is 0. The molecule has 1 heterocycles. The SMILES string of the molecule is CC(=O)OC[C@H]1O[CH][C@H](OC(C)=O)[C@@H]1OC(C)=O. The lowest BCUT2D eigenvalue weighted by molar-refractivity contribution is -0.164. The molecule has 0 saturated carbocycles. The Hall–Kier alpha value is -1.63. The molecular weight excluding hydrogens is 244 g/mol. The Morgan fingerprint density at radius 1 is 1.06 bits per heavy atom. The molecule has 1 saturated heterocycles. The van der Waals surface area contributed by atoms with Crippen LogP contribution in [0, 0.1) is 6.61 Å². The Kier molecular flexibility index (Phi) is 5.08. The molecule has 0 unspecified atom stereocenters. The van der Waals surface area contributed by atoms with E-state index in [0.29, 0.717) is 0 Å². The molecule has 0 aromatic carbocycles. The minimum Gasteiger partial charge on any atom is -0.463 e. The summed E-state index contributed by atoms with van der Waals surface area (Å²) >= 11 is 0. The van der Waals surface area contributed by atoms with Crippen molar-refractivity contribution < 1.29 is 33.3 Å². The first-order valence-electron chi connectivity index (χ1n) is 5.36. The fourth-order valence-corrected chi connectivity index (χ4v) is 1.50. The molecule has 1 rings (SSSR count). The van der Waals surface area contributed by atoms with Crippen molar-refractivity contribution >= 4 is 17.9 Å². The molecule has 1 aliphatic heterocycles. The van der Waals surface area contributed by atoms with Gasteiger partial charge < -0.3 is 18.9 Å². The lowest BCUT2D eigenvalue weighted by Crippen LogP contribution is -2.39. The lowest BCUT2D eigenvalue weighted by atomic mass is 10.1. The first kappa shape index (κ1) is 14.4. The van der Waals surface area contributed by atoms with Crippen LogP contribution in [0.5, 0.6) is 0 Å². The van der Waals surface area contributed by atoms with Crippen LogP contribution in [0.2, 0.25) is 0 Å². The maximum Gasteiger partial charge on any atom is 0.303 e. The van der Waals surface area contributed by atoms with Crippen molar-refractivity contribution in [2.24, 2.45) is 0 Å². The van der Waals surface area contributed by atoms with Gasteiger partial charge in [0.1, 0.15) is 19.3 Å². The van der Waals surface area contributed by atoms with Gasteiger partial charge in [-0.25, -0.2) is 0 Å². The molecule has 1 radical (unpaired) electrons. The molecule has 0 aromatic rings. The predicted molar refractivity (Wildman–Crippen MR) is 56.9 cm³/mol. The summed E-state index contributed by atoms with van der Waals surface area (Å²) in [5, 5.41) is 0. The third-order valence-electron chi connectivity index (χ3n) is 2.13. The minimum atomic E-state index is -0.814. The van der Waals surface area contributed by atoms with E-state index < -0.39 is 36.2 Å². The van der Waals surface area contributed by atoms with E-state index in [9.17, 15) is 14.4 Å². The first-order valence-corrected chi connectivity index (χ1v) is 5.36. The molecular formula is C11H15O7. The molecule has 101 valence electrons. The second kappa shape index (κ2) is 6.34. The Labute approximate surface area is 104 Å². The molecule has 1 aliphatic rings. The third-order valence-corrected chi connectivity index (χ3v) is 2.13. The number of carbonyl (C=O) groups excluding carboxylic acids is 3. The summed E-state index contributed by atoms with van der Waals surface area (Å²) in [4.78, 5) is 32.6. The van der Waals surface area contributed by atoms with E-state index in [-0.39, 0.29) is 6.61 Å². The topological polar surface area (TPSA) is 88.1 Å². The van der Waals surface area contributed by atoms with Crippen molar-refractivity contribution in [3.05, 3.63) is 6.61 Å². The Balaban J connectivity index is 2.63. The minimum absolute atomic E-state index is 0.0818. The Morgan fingerprint density at radius 3 is 2.17 bits per heavy atom. The van der Waals surface area contributed by atoms with E-state index in [1.807, 2.05) is 0 Å². The van der Waals surface area contributed by atoms with Gasteiger partial charge in [0.25, 0.3) is 0 Å². The molecule has 0 bridgehead atoms. The second-order valence-corrected chi connectivity index (χ2v) is 3.76. The second-order valence-electron chi connectivity index (χ2n) is 3.76. The summed E-state index contributed by atoms with van der Waals surface area (Å²) in [5.74, 6) is -1.54. The molecule has 18 heavy (non-hydrogen) atoms. The zero-order valence-corrected chi connectivity index (χ0v) is 10.4. The highest BCUT2D eigenvalue weighted by Gasteiger charge is 2.43. The largest absolute Gasteiger partial charge is 0.463 e. The van der Waals surface area contributed by atoms with Gasteiger partial charge in [-0.2, -0.15) is 0 Å². The van der Waals surface area contributed by atoms with E-state index >= 15 is 0 Å². The van der Waals surface area contributed by atoms with Crippen LogP contribution >= 0.6 is 0 Å². The lowest BCUT2D eigenvalue weighted by Gasteiger charge is -2.21. The highest BCUT2D eigenvalue weighted by atomic mass is 16.6. The number of hydrogen-bond donors (Lipinski definition) is 0. The number of esters is 3. The summed E-state index contributed by atoms with van der Waals surface area (Å²) in [7, 11) is 0. The van der Waals surface area contributed by atoms with Gasteiger partial charge in [0.2, 0.25) is 0 Å². The highest BCUT2D eigenvalue weighted by molar-refractivity contribution is 5.68. The number of carbonyl (C=O) groups is 3. The molecule has 0 aliphatic carbocycles. The zero-order chi connectivity index (χ0) is 13.7. The van der Waals surface area contributed by atoms with Crippen molar-refractivity contribution in [1.82, 2.24) is 0 Å². The number of ether oxygens (including phenoxy) is 4. The van der Waals surface area contributed by atoms with Gasteiger partial charge in [-0.05, 0) is 0 Å². The zero-order valence-electron chi connectivity index (χ0n) is 10.4. The summed E-state index contributed by atoms with van der Waals surface area (Å²) < 4.78 is 19.9. The maximum absolute atomic E-state index is 11.0. The van der Waals surface area contributed by atoms with Crippen LogP contribution in [-0.2, 0) is 33.3 Å². The van der Waals surface area contributed by atoms with Crippen LogP contribution in [0.4, 0.5) is 0 Å². The summed E-state index contributed by atoms with van der Waals surface area (Å²) in [6.45, 7) is 4.89. The van der Waals surface area contributed by atoms with Gasteiger partial charge in [0.15, 0.2) is 12.2 Å². The quantitative estimate of drug-likeness (QED) is 0.517. The van der Waals surface area contributed by atoms with Gasteiger partial charge in [-0.15, -0.1) is 0 Å². The van der Waals surface area contributed by atoms with Gasteiger partial charge in [-0.1, -0.05) is 0 Å². The molecule has 7 nitrogen and oxygen atoms in total. The molecule has 0 N–H and O–H groups in total. The van der Waals surface area contributed by atoms with E-state index in [2.05, 4.69) is 0 Å². The fraction of sp³-hybridized carbons (Fsp3) is 0.636. The van der Waals surface area contributed by atoms with E-state index in [1.54, 1.807) is 0 Å². The van der Waals surface area contributed by atoms with Crippen LogP contribution in [-0.4, -0.2) is 42.8 Å². The van der Waals surface area contributed by atoms with Gasteiger partial charge in [-0.3, -0.25) is 14.4 Å². The number of rotatable bonds is 4. The highest BCUT2D eigenvalue weighted by Crippen LogP contribution is 2.24. The van der Waals surface area contributed by atoms with E-state index in [0.717, 1.165) is 0 Å². The maximum atomic E-state index is 11.0.